The first-order valence-corrected chi connectivity index (χ1v) is 8.34. The lowest BCUT2D eigenvalue weighted by molar-refractivity contribution is 0.0955. The summed E-state index contributed by atoms with van der Waals surface area (Å²) in [5.74, 6) is 1.16. The quantitative estimate of drug-likeness (QED) is 0.784. The molecule has 0 bridgehead atoms. The van der Waals surface area contributed by atoms with Crippen LogP contribution in [0.25, 0.3) is 0 Å². The molecule has 1 aliphatic rings. The van der Waals surface area contributed by atoms with E-state index in [1.54, 1.807) is 42.5 Å². The van der Waals surface area contributed by atoms with Crippen LogP contribution in [0.15, 0.2) is 42.5 Å². The van der Waals surface area contributed by atoms with Gasteiger partial charge in [-0.1, -0.05) is 24.3 Å². The van der Waals surface area contributed by atoms with Crippen LogP contribution in [-0.2, 0) is 6.61 Å². The standard InChI is InChI=1S/C20H20O5/c21-13-15-4-1-2-5-16(15)18(23)7-3-6-17(22)14-8-9-19-20(12-14)25-11-10-24-19/h1-2,4-5,8-9,12,21H,3,6-7,10-11,13H2. The molecular weight excluding hydrogens is 320 g/mol. The average Bonchev–Trinajstić information content (AvgIpc) is 2.67. The number of fused-ring (bicyclic) bond motifs is 1. The molecule has 5 heteroatoms. The van der Waals surface area contributed by atoms with Gasteiger partial charge < -0.3 is 14.6 Å². The molecule has 0 saturated heterocycles. The Balaban J connectivity index is 1.57. The van der Waals surface area contributed by atoms with Crippen molar-refractivity contribution in [3.8, 4) is 11.5 Å². The lowest BCUT2D eigenvalue weighted by Gasteiger charge is -2.18. The van der Waals surface area contributed by atoms with Gasteiger partial charge in [0.15, 0.2) is 23.1 Å². The summed E-state index contributed by atoms with van der Waals surface area (Å²) in [7, 11) is 0. The van der Waals surface area contributed by atoms with Crippen molar-refractivity contribution in [2.45, 2.75) is 25.9 Å². The summed E-state index contributed by atoms with van der Waals surface area (Å²) >= 11 is 0. The van der Waals surface area contributed by atoms with E-state index in [9.17, 15) is 14.7 Å². The molecule has 1 heterocycles. The first-order chi connectivity index (χ1) is 12.2. The van der Waals surface area contributed by atoms with Crippen LogP contribution in [0.1, 0.15) is 45.5 Å². The minimum atomic E-state index is -0.169. The molecule has 0 unspecified atom stereocenters. The third-order valence-electron chi connectivity index (χ3n) is 4.16. The molecule has 3 rings (SSSR count). The lowest BCUT2D eigenvalue weighted by atomic mass is 9.98. The number of carbonyl (C=O) groups excluding carboxylic acids is 2. The molecule has 5 nitrogen and oxygen atoms in total. The molecule has 0 saturated carbocycles. The zero-order valence-corrected chi connectivity index (χ0v) is 13.9. The van der Waals surface area contributed by atoms with Gasteiger partial charge in [0.05, 0.1) is 6.61 Å². The highest BCUT2D eigenvalue weighted by Crippen LogP contribution is 2.31. The minimum absolute atomic E-state index is 0.0276. The third-order valence-corrected chi connectivity index (χ3v) is 4.16. The molecule has 0 atom stereocenters. The number of Topliss-reactive ketones (excluding diaryl/α,β-unsaturated/α-hetero) is 2. The van der Waals surface area contributed by atoms with Gasteiger partial charge in [-0.05, 0) is 30.2 Å². The fraction of sp³-hybridized carbons (Fsp3) is 0.300. The highest BCUT2D eigenvalue weighted by Gasteiger charge is 2.16. The van der Waals surface area contributed by atoms with Crippen molar-refractivity contribution in [3.63, 3.8) is 0 Å². The largest absolute Gasteiger partial charge is 0.486 e. The van der Waals surface area contributed by atoms with Gasteiger partial charge in [0.25, 0.3) is 0 Å². The van der Waals surface area contributed by atoms with Gasteiger partial charge in [-0.15, -0.1) is 0 Å². The second-order valence-electron chi connectivity index (χ2n) is 5.87. The van der Waals surface area contributed by atoms with E-state index in [1.165, 1.54) is 0 Å². The van der Waals surface area contributed by atoms with E-state index >= 15 is 0 Å². The minimum Gasteiger partial charge on any atom is -0.486 e. The van der Waals surface area contributed by atoms with Crippen molar-refractivity contribution in [3.05, 3.63) is 59.2 Å². The van der Waals surface area contributed by atoms with E-state index in [4.69, 9.17) is 9.47 Å². The normalized spacial score (nSPS) is 12.7. The first-order valence-electron chi connectivity index (χ1n) is 8.34. The predicted octanol–water partition coefficient (Wildman–Crippen LogP) is 3.19. The highest BCUT2D eigenvalue weighted by atomic mass is 16.6. The number of benzene rings is 2. The number of hydrogen-bond donors (Lipinski definition) is 1. The van der Waals surface area contributed by atoms with E-state index in [0.717, 1.165) is 0 Å². The Morgan fingerprint density at radius 1 is 0.920 bits per heavy atom. The smallest absolute Gasteiger partial charge is 0.163 e. The molecular formula is C20H20O5. The molecule has 0 amide bonds. The second-order valence-corrected chi connectivity index (χ2v) is 5.87. The summed E-state index contributed by atoms with van der Waals surface area (Å²) in [5.41, 5.74) is 1.70. The molecule has 1 N–H and O–H groups in total. The maximum absolute atomic E-state index is 12.3. The summed E-state index contributed by atoms with van der Waals surface area (Å²) in [4.78, 5) is 24.6. The summed E-state index contributed by atoms with van der Waals surface area (Å²) in [5, 5.41) is 9.30. The van der Waals surface area contributed by atoms with Crippen LogP contribution < -0.4 is 9.47 Å². The topological polar surface area (TPSA) is 72.8 Å². The van der Waals surface area contributed by atoms with Gasteiger partial charge in [-0.25, -0.2) is 0 Å². The maximum Gasteiger partial charge on any atom is 0.163 e. The van der Waals surface area contributed by atoms with Gasteiger partial charge in [0, 0.05) is 24.0 Å². The van der Waals surface area contributed by atoms with E-state index in [0.29, 0.717) is 47.8 Å². The molecule has 130 valence electrons. The number of ketones is 2. The monoisotopic (exact) mass is 340 g/mol. The van der Waals surface area contributed by atoms with Crippen LogP contribution in [0.4, 0.5) is 0 Å². The maximum atomic E-state index is 12.3. The zero-order valence-electron chi connectivity index (χ0n) is 13.9. The van der Waals surface area contributed by atoms with Gasteiger partial charge in [-0.2, -0.15) is 0 Å². The fourth-order valence-electron chi connectivity index (χ4n) is 2.84. The number of aliphatic hydroxyl groups excluding tert-OH is 1. The number of aliphatic hydroxyl groups is 1. The predicted molar refractivity (Wildman–Crippen MR) is 92.3 cm³/mol. The Morgan fingerprint density at radius 2 is 1.64 bits per heavy atom. The fourth-order valence-corrected chi connectivity index (χ4v) is 2.84. The van der Waals surface area contributed by atoms with Crippen LogP contribution in [0, 0.1) is 0 Å². The van der Waals surface area contributed by atoms with Crippen LogP contribution >= 0.6 is 0 Å². The highest BCUT2D eigenvalue weighted by molar-refractivity contribution is 5.99. The molecule has 25 heavy (non-hydrogen) atoms. The number of hydrogen-bond acceptors (Lipinski definition) is 5. The molecule has 0 spiro atoms. The van der Waals surface area contributed by atoms with Crippen molar-refractivity contribution in [2.24, 2.45) is 0 Å². The molecule has 0 aromatic heterocycles. The van der Waals surface area contributed by atoms with Crippen molar-refractivity contribution >= 4 is 11.6 Å². The molecule has 1 aliphatic heterocycles. The van der Waals surface area contributed by atoms with Crippen molar-refractivity contribution in [2.75, 3.05) is 13.2 Å². The zero-order chi connectivity index (χ0) is 17.6. The Hall–Kier alpha value is -2.66. The van der Waals surface area contributed by atoms with Gasteiger partial charge >= 0.3 is 0 Å². The summed E-state index contributed by atoms with van der Waals surface area (Å²) in [6.07, 6.45) is 1.02. The molecule has 2 aromatic rings. The van der Waals surface area contributed by atoms with E-state index in [1.807, 2.05) is 0 Å². The number of ether oxygens (including phenoxy) is 2. The van der Waals surface area contributed by atoms with Crippen LogP contribution in [0.3, 0.4) is 0 Å². The van der Waals surface area contributed by atoms with E-state index in [2.05, 4.69) is 0 Å². The summed E-state index contributed by atoms with van der Waals surface area (Å²) in [6, 6.07) is 12.1. The lowest BCUT2D eigenvalue weighted by Crippen LogP contribution is -2.15. The van der Waals surface area contributed by atoms with Gasteiger partial charge in [0.1, 0.15) is 13.2 Å². The Morgan fingerprint density at radius 3 is 2.44 bits per heavy atom. The Bertz CT molecular complexity index is 781. The van der Waals surface area contributed by atoms with Gasteiger partial charge in [0.2, 0.25) is 0 Å². The van der Waals surface area contributed by atoms with E-state index < -0.39 is 0 Å². The van der Waals surface area contributed by atoms with Crippen LogP contribution in [-0.4, -0.2) is 29.9 Å². The Kier molecular flexibility index (Phi) is 5.46. The van der Waals surface area contributed by atoms with Crippen molar-refractivity contribution in [1.29, 1.82) is 0 Å². The molecule has 0 fully saturated rings. The SMILES string of the molecule is O=C(CCCC(=O)c1ccccc1CO)c1ccc2c(c1)OCCO2. The summed E-state index contributed by atoms with van der Waals surface area (Å²) < 4.78 is 10.9. The number of carbonyl (C=O) groups is 2. The Labute approximate surface area is 146 Å². The van der Waals surface area contributed by atoms with Crippen molar-refractivity contribution in [1.82, 2.24) is 0 Å². The average molecular weight is 340 g/mol. The molecule has 0 aliphatic carbocycles. The van der Waals surface area contributed by atoms with E-state index in [-0.39, 0.29) is 31.0 Å². The molecule has 2 aromatic carbocycles. The third kappa shape index (κ3) is 4.06. The van der Waals surface area contributed by atoms with Crippen LogP contribution in [0.2, 0.25) is 0 Å². The van der Waals surface area contributed by atoms with Crippen molar-refractivity contribution < 1.29 is 24.2 Å². The molecule has 0 radical (unpaired) electrons. The first kappa shape index (κ1) is 17.2. The number of rotatable bonds is 7. The second kappa shape index (κ2) is 7.94. The summed E-state index contributed by atoms with van der Waals surface area (Å²) in [6.45, 7) is 0.819. The van der Waals surface area contributed by atoms with Crippen LogP contribution in [0.5, 0.6) is 11.5 Å². The van der Waals surface area contributed by atoms with Gasteiger partial charge in [-0.3, -0.25) is 9.59 Å².